The highest BCUT2D eigenvalue weighted by atomic mass is 79.9. The van der Waals surface area contributed by atoms with Crippen molar-refractivity contribution in [2.45, 2.75) is 20.0 Å². The van der Waals surface area contributed by atoms with Gasteiger partial charge in [-0.05, 0) is 28.9 Å². The van der Waals surface area contributed by atoms with E-state index in [9.17, 15) is 0 Å². The van der Waals surface area contributed by atoms with Gasteiger partial charge in [-0.2, -0.15) is 5.10 Å². The summed E-state index contributed by atoms with van der Waals surface area (Å²) in [5, 5.41) is 4.40. The molecule has 0 aromatic carbocycles. The predicted octanol–water partition coefficient (Wildman–Crippen LogP) is 2.10. The molecule has 0 saturated carbocycles. The lowest BCUT2D eigenvalue weighted by molar-refractivity contribution is 0.682. The Morgan fingerprint density at radius 1 is 1.42 bits per heavy atom. The summed E-state index contributed by atoms with van der Waals surface area (Å²) in [5.74, 6) is 3.25. The van der Waals surface area contributed by atoms with Crippen LogP contribution in [-0.2, 0) is 13.1 Å². The molecular weight excluding hydrogens is 306 g/mol. The van der Waals surface area contributed by atoms with Gasteiger partial charge in [0, 0.05) is 25.1 Å². The number of aromatic nitrogens is 4. The molecule has 0 aliphatic rings. The van der Waals surface area contributed by atoms with Crippen LogP contribution in [0.3, 0.4) is 0 Å². The Bertz CT molecular complexity index is 569. The van der Waals surface area contributed by atoms with Gasteiger partial charge in [-0.25, -0.2) is 9.97 Å². The van der Waals surface area contributed by atoms with Gasteiger partial charge in [0.15, 0.2) is 0 Å². The summed E-state index contributed by atoms with van der Waals surface area (Å²) in [7, 11) is 0. The number of halogens is 1. The third kappa shape index (κ3) is 3.55. The molecule has 2 aromatic heterocycles. The monoisotopic (exact) mass is 319 g/mol. The van der Waals surface area contributed by atoms with Gasteiger partial charge in [-0.15, -0.1) is 6.42 Å². The normalized spacial score (nSPS) is 10.2. The van der Waals surface area contributed by atoms with E-state index in [1.54, 1.807) is 17.1 Å². The first kappa shape index (κ1) is 13.6. The molecule has 0 aliphatic heterocycles. The Labute approximate surface area is 120 Å². The highest BCUT2D eigenvalue weighted by Gasteiger charge is 2.09. The molecule has 19 heavy (non-hydrogen) atoms. The molecule has 2 heterocycles. The van der Waals surface area contributed by atoms with E-state index in [0.717, 1.165) is 16.7 Å². The van der Waals surface area contributed by atoms with Gasteiger partial charge in [0.1, 0.15) is 6.54 Å². The average Bonchev–Trinajstić information content (AvgIpc) is 2.85. The van der Waals surface area contributed by atoms with Crippen molar-refractivity contribution >= 4 is 21.9 Å². The van der Waals surface area contributed by atoms with Crippen LogP contribution in [0.2, 0.25) is 0 Å². The average molecular weight is 320 g/mol. The number of hydrogen-bond acceptors (Lipinski definition) is 4. The molecule has 0 unspecified atom stereocenters. The molecule has 0 N–H and O–H groups in total. The van der Waals surface area contributed by atoms with Crippen LogP contribution < -0.4 is 4.90 Å². The summed E-state index contributed by atoms with van der Waals surface area (Å²) in [6.07, 6.45) is 10.6. The minimum absolute atomic E-state index is 0.487. The molecule has 0 atom stereocenters. The van der Waals surface area contributed by atoms with Crippen LogP contribution in [0.15, 0.2) is 29.1 Å². The van der Waals surface area contributed by atoms with E-state index in [1.165, 1.54) is 0 Å². The quantitative estimate of drug-likeness (QED) is 0.792. The first-order valence-electron chi connectivity index (χ1n) is 5.91. The summed E-state index contributed by atoms with van der Waals surface area (Å²) < 4.78 is 2.61. The Hall–Kier alpha value is -1.87. The fraction of sp³-hybridized carbons (Fsp3) is 0.308. The van der Waals surface area contributed by atoms with Crippen LogP contribution in [0.1, 0.15) is 12.6 Å². The van der Waals surface area contributed by atoms with Gasteiger partial charge in [0.05, 0.1) is 16.7 Å². The van der Waals surface area contributed by atoms with Crippen LogP contribution in [-0.4, -0.2) is 26.3 Å². The third-order valence-electron chi connectivity index (χ3n) is 2.57. The Balaban J connectivity index is 2.10. The Kier molecular flexibility index (Phi) is 4.53. The van der Waals surface area contributed by atoms with Crippen molar-refractivity contribution < 1.29 is 0 Å². The van der Waals surface area contributed by atoms with Crippen LogP contribution in [0.4, 0.5) is 5.95 Å². The molecule has 0 spiro atoms. The van der Waals surface area contributed by atoms with Crippen LogP contribution in [0.5, 0.6) is 0 Å². The molecule has 0 saturated heterocycles. The zero-order valence-electron chi connectivity index (χ0n) is 10.6. The number of terminal acetylenes is 1. The minimum atomic E-state index is 0.487. The zero-order chi connectivity index (χ0) is 13.7. The van der Waals surface area contributed by atoms with E-state index < -0.39 is 0 Å². The van der Waals surface area contributed by atoms with E-state index in [0.29, 0.717) is 19.0 Å². The lowest BCUT2D eigenvalue weighted by Gasteiger charge is -2.19. The third-order valence-corrected chi connectivity index (χ3v) is 2.98. The Morgan fingerprint density at radius 2 is 2.16 bits per heavy atom. The molecule has 0 radical (unpaired) electrons. The van der Waals surface area contributed by atoms with Crippen LogP contribution in [0.25, 0.3) is 0 Å². The van der Waals surface area contributed by atoms with Crippen molar-refractivity contribution in [3.8, 4) is 12.3 Å². The Morgan fingerprint density at radius 3 is 2.79 bits per heavy atom. The molecule has 6 heteroatoms. The molecular formula is C13H14BrN5. The largest absolute Gasteiger partial charge is 0.335 e. The van der Waals surface area contributed by atoms with E-state index in [-0.39, 0.29) is 0 Å². The standard InChI is InChI=1S/C13H14BrN5/c1-3-6-19-7-5-12(17-19)10-18(4-2)13-15-8-11(14)9-16-13/h1,5,7-9H,4,6,10H2,2H3. The van der Waals surface area contributed by atoms with Gasteiger partial charge >= 0.3 is 0 Å². The summed E-state index contributed by atoms with van der Waals surface area (Å²) in [4.78, 5) is 10.6. The minimum Gasteiger partial charge on any atom is -0.335 e. The topological polar surface area (TPSA) is 46.8 Å². The van der Waals surface area contributed by atoms with Crippen molar-refractivity contribution in [2.24, 2.45) is 0 Å². The maximum absolute atomic E-state index is 5.26. The summed E-state index contributed by atoms with van der Waals surface area (Å²) in [6, 6.07) is 1.96. The maximum atomic E-state index is 5.26. The van der Waals surface area contributed by atoms with E-state index in [2.05, 4.69) is 48.7 Å². The molecule has 0 fully saturated rings. The second-order valence-electron chi connectivity index (χ2n) is 3.92. The van der Waals surface area contributed by atoms with E-state index in [4.69, 9.17) is 6.42 Å². The lowest BCUT2D eigenvalue weighted by Crippen LogP contribution is -2.24. The van der Waals surface area contributed by atoms with Crippen molar-refractivity contribution in [1.29, 1.82) is 0 Å². The molecule has 2 aromatic rings. The van der Waals surface area contributed by atoms with Crippen LogP contribution >= 0.6 is 15.9 Å². The van der Waals surface area contributed by atoms with Crippen LogP contribution in [0, 0.1) is 12.3 Å². The highest BCUT2D eigenvalue weighted by Crippen LogP contribution is 2.13. The molecule has 98 valence electrons. The molecule has 0 bridgehead atoms. The van der Waals surface area contributed by atoms with Crippen molar-refractivity contribution in [1.82, 2.24) is 19.7 Å². The number of hydrogen-bond donors (Lipinski definition) is 0. The highest BCUT2D eigenvalue weighted by molar-refractivity contribution is 9.10. The summed E-state index contributed by atoms with van der Waals surface area (Å²) in [6.45, 7) is 4.02. The van der Waals surface area contributed by atoms with Crippen molar-refractivity contribution in [3.63, 3.8) is 0 Å². The zero-order valence-corrected chi connectivity index (χ0v) is 12.2. The summed E-state index contributed by atoms with van der Waals surface area (Å²) in [5.41, 5.74) is 0.948. The molecule has 5 nitrogen and oxygen atoms in total. The second-order valence-corrected chi connectivity index (χ2v) is 4.84. The van der Waals surface area contributed by atoms with Gasteiger partial charge in [-0.1, -0.05) is 5.92 Å². The smallest absolute Gasteiger partial charge is 0.225 e. The number of anilines is 1. The SMILES string of the molecule is C#CCn1ccc(CN(CC)c2ncc(Br)cn2)n1. The number of rotatable bonds is 5. The van der Waals surface area contributed by atoms with Gasteiger partial charge < -0.3 is 4.90 Å². The first-order chi connectivity index (χ1) is 9.22. The van der Waals surface area contributed by atoms with Crippen molar-refractivity contribution in [3.05, 3.63) is 34.8 Å². The molecule has 0 amide bonds. The van der Waals surface area contributed by atoms with Gasteiger partial charge in [0.25, 0.3) is 0 Å². The van der Waals surface area contributed by atoms with Gasteiger partial charge in [-0.3, -0.25) is 4.68 Å². The van der Waals surface area contributed by atoms with E-state index >= 15 is 0 Å². The molecule has 2 rings (SSSR count). The lowest BCUT2D eigenvalue weighted by atomic mass is 10.4. The fourth-order valence-corrected chi connectivity index (χ4v) is 1.86. The first-order valence-corrected chi connectivity index (χ1v) is 6.70. The van der Waals surface area contributed by atoms with Crippen molar-refractivity contribution in [2.75, 3.05) is 11.4 Å². The van der Waals surface area contributed by atoms with E-state index in [1.807, 2.05) is 12.3 Å². The maximum Gasteiger partial charge on any atom is 0.225 e. The predicted molar refractivity (Wildman–Crippen MR) is 77.5 cm³/mol. The second kappa shape index (κ2) is 6.34. The molecule has 0 aliphatic carbocycles. The number of nitrogens with zero attached hydrogens (tertiary/aromatic N) is 5. The fourth-order valence-electron chi connectivity index (χ4n) is 1.66. The van der Waals surface area contributed by atoms with Gasteiger partial charge in [0.2, 0.25) is 5.95 Å². The summed E-state index contributed by atoms with van der Waals surface area (Å²) >= 11 is 3.33.